The third kappa shape index (κ3) is 3.67. The largest absolute Gasteiger partial charge is 0.488 e. The Morgan fingerprint density at radius 2 is 2.00 bits per heavy atom. The SMILES string of the molecule is CC(O)c1cc(Br)ccc1OCc1cccc(Cl)c1Cl. The molecule has 106 valence electrons. The van der Waals surface area contributed by atoms with Gasteiger partial charge in [0.25, 0.3) is 0 Å². The molecule has 2 aromatic carbocycles. The summed E-state index contributed by atoms with van der Waals surface area (Å²) in [5, 5.41) is 10.8. The van der Waals surface area contributed by atoms with Crippen LogP contribution in [0.4, 0.5) is 0 Å². The van der Waals surface area contributed by atoms with Crippen LogP contribution in [0.15, 0.2) is 40.9 Å². The maximum atomic E-state index is 9.78. The van der Waals surface area contributed by atoms with E-state index in [1.807, 2.05) is 30.3 Å². The highest BCUT2D eigenvalue weighted by molar-refractivity contribution is 9.10. The Labute approximate surface area is 136 Å². The first-order valence-electron chi connectivity index (χ1n) is 6.02. The molecule has 0 aromatic heterocycles. The fourth-order valence-corrected chi connectivity index (χ4v) is 2.55. The molecule has 1 N–H and O–H groups in total. The number of benzene rings is 2. The molecular formula is C15H13BrCl2O2. The van der Waals surface area contributed by atoms with Crippen LogP contribution in [0.3, 0.4) is 0 Å². The van der Waals surface area contributed by atoms with Crippen molar-refractivity contribution < 1.29 is 9.84 Å². The van der Waals surface area contributed by atoms with Gasteiger partial charge in [0.1, 0.15) is 12.4 Å². The second-order valence-electron chi connectivity index (χ2n) is 4.36. The van der Waals surface area contributed by atoms with E-state index in [4.69, 9.17) is 27.9 Å². The quantitative estimate of drug-likeness (QED) is 0.776. The van der Waals surface area contributed by atoms with E-state index >= 15 is 0 Å². The van der Waals surface area contributed by atoms with Gasteiger partial charge in [0, 0.05) is 15.6 Å². The Balaban J connectivity index is 2.21. The predicted molar refractivity (Wildman–Crippen MR) is 85.6 cm³/mol. The first kappa shape index (κ1) is 15.6. The predicted octanol–water partition coefficient (Wildman–Crippen LogP) is 5.39. The van der Waals surface area contributed by atoms with Crippen molar-refractivity contribution in [1.82, 2.24) is 0 Å². The number of hydrogen-bond donors (Lipinski definition) is 1. The zero-order valence-electron chi connectivity index (χ0n) is 10.7. The van der Waals surface area contributed by atoms with Gasteiger partial charge in [-0.1, -0.05) is 51.3 Å². The summed E-state index contributed by atoms with van der Waals surface area (Å²) in [5.74, 6) is 0.624. The molecule has 1 atom stereocenters. The van der Waals surface area contributed by atoms with E-state index in [1.165, 1.54) is 0 Å². The Bertz CT molecular complexity index is 615. The van der Waals surface area contributed by atoms with Crippen molar-refractivity contribution in [3.8, 4) is 5.75 Å². The summed E-state index contributed by atoms with van der Waals surface area (Å²) in [6, 6.07) is 10.9. The topological polar surface area (TPSA) is 29.5 Å². The number of halogens is 3. The molecule has 0 spiro atoms. The molecule has 0 aliphatic heterocycles. The normalized spacial score (nSPS) is 12.2. The molecule has 20 heavy (non-hydrogen) atoms. The fraction of sp³-hybridized carbons (Fsp3) is 0.200. The lowest BCUT2D eigenvalue weighted by Crippen LogP contribution is -2.01. The molecule has 1 unspecified atom stereocenters. The summed E-state index contributed by atoms with van der Waals surface area (Å²) < 4.78 is 6.64. The minimum Gasteiger partial charge on any atom is -0.488 e. The molecule has 0 saturated carbocycles. The number of aliphatic hydroxyl groups excluding tert-OH is 1. The number of aliphatic hydroxyl groups is 1. The molecule has 0 bridgehead atoms. The molecule has 0 heterocycles. The summed E-state index contributed by atoms with van der Waals surface area (Å²) >= 11 is 15.5. The molecule has 0 aliphatic rings. The molecule has 0 fully saturated rings. The minimum atomic E-state index is -0.614. The van der Waals surface area contributed by atoms with Crippen LogP contribution in [-0.4, -0.2) is 5.11 Å². The molecule has 0 amide bonds. The monoisotopic (exact) mass is 374 g/mol. The van der Waals surface area contributed by atoms with Gasteiger partial charge >= 0.3 is 0 Å². The highest BCUT2D eigenvalue weighted by Crippen LogP contribution is 2.31. The first-order valence-corrected chi connectivity index (χ1v) is 7.57. The summed E-state index contributed by atoms with van der Waals surface area (Å²) in [6.45, 7) is 1.99. The Hall–Kier alpha value is -0.740. The lowest BCUT2D eigenvalue weighted by molar-refractivity contribution is 0.190. The highest BCUT2D eigenvalue weighted by Gasteiger charge is 2.11. The van der Waals surface area contributed by atoms with Crippen LogP contribution in [0.2, 0.25) is 10.0 Å². The van der Waals surface area contributed by atoms with Gasteiger partial charge in [-0.25, -0.2) is 0 Å². The van der Waals surface area contributed by atoms with E-state index in [9.17, 15) is 5.11 Å². The van der Waals surface area contributed by atoms with Crippen molar-refractivity contribution in [3.05, 3.63) is 62.0 Å². The summed E-state index contributed by atoms with van der Waals surface area (Å²) in [4.78, 5) is 0. The second-order valence-corrected chi connectivity index (χ2v) is 6.06. The van der Waals surface area contributed by atoms with Gasteiger partial charge in [0.2, 0.25) is 0 Å². The van der Waals surface area contributed by atoms with Gasteiger partial charge in [-0.15, -0.1) is 0 Å². The van der Waals surface area contributed by atoms with Gasteiger partial charge in [-0.2, -0.15) is 0 Å². The Kier molecular flexibility index (Phi) is 5.33. The van der Waals surface area contributed by atoms with Gasteiger partial charge in [0.05, 0.1) is 16.1 Å². The summed E-state index contributed by atoms with van der Waals surface area (Å²) in [5.41, 5.74) is 1.52. The van der Waals surface area contributed by atoms with Crippen LogP contribution in [0.1, 0.15) is 24.2 Å². The van der Waals surface area contributed by atoms with E-state index in [-0.39, 0.29) is 0 Å². The zero-order valence-corrected chi connectivity index (χ0v) is 13.8. The van der Waals surface area contributed by atoms with Gasteiger partial charge < -0.3 is 9.84 Å². The van der Waals surface area contributed by atoms with Crippen LogP contribution in [-0.2, 0) is 6.61 Å². The molecule has 5 heteroatoms. The van der Waals surface area contributed by atoms with Crippen LogP contribution in [0.25, 0.3) is 0 Å². The maximum absolute atomic E-state index is 9.78. The second kappa shape index (κ2) is 6.81. The number of hydrogen-bond acceptors (Lipinski definition) is 2. The van der Waals surface area contributed by atoms with E-state index in [0.29, 0.717) is 22.4 Å². The third-order valence-corrected chi connectivity index (χ3v) is 4.19. The van der Waals surface area contributed by atoms with Crippen molar-refractivity contribution in [2.24, 2.45) is 0 Å². The van der Waals surface area contributed by atoms with Crippen molar-refractivity contribution >= 4 is 39.1 Å². The van der Waals surface area contributed by atoms with Crippen molar-refractivity contribution in [3.63, 3.8) is 0 Å². The minimum absolute atomic E-state index is 0.292. The first-order chi connectivity index (χ1) is 9.49. The van der Waals surface area contributed by atoms with E-state index in [0.717, 1.165) is 15.6 Å². The average Bonchev–Trinajstić information content (AvgIpc) is 2.41. The average molecular weight is 376 g/mol. The van der Waals surface area contributed by atoms with Crippen molar-refractivity contribution in [1.29, 1.82) is 0 Å². The van der Waals surface area contributed by atoms with Gasteiger partial charge in [0.15, 0.2) is 0 Å². The molecule has 0 aliphatic carbocycles. The molecule has 2 rings (SSSR count). The lowest BCUT2D eigenvalue weighted by atomic mass is 10.1. The van der Waals surface area contributed by atoms with Crippen molar-refractivity contribution in [2.75, 3.05) is 0 Å². The smallest absolute Gasteiger partial charge is 0.125 e. The molecule has 0 saturated heterocycles. The Morgan fingerprint density at radius 3 is 2.70 bits per heavy atom. The summed E-state index contributed by atoms with van der Waals surface area (Å²) in [7, 11) is 0. The molecule has 0 radical (unpaired) electrons. The van der Waals surface area contributed by atoms with E-state index in [1.54, 1.807) is 13.0 Å². The third-order valence-electron chi connectivity index (χ3n) is 2.84. The van der Waals surface area contributed by atoms with Crippen LogP contribution < -0.4 is 4.74 Å². The lowest BCUT2D eigenvalue weighted by Gasteiger charge is -2.14. The number of ether oxygens (including phenoxy) is 1. The number of rotatable bonds is 4. The van der Waals surface area contributed by atoms with Crippen molar-refractivity contribution in [2.45, 2.75) is 19.6 Å². The van der Waals surface area contributed by atoms with Gasteiger partial charge in [-0.3, -0.25) is 0 Å². The summed E-state index contributed by atoms with van der Waals surface area (Å²) in [6.07, 6.45) is -0.614. The molecule has 2 nitrogen and oxygen atoms in total. The van der Waals surface area contributed by atoms with Gasteiger partial charge in [-0.05, 0) is 31.2 Å². The van der Waals surface area contributed by atoms with E-state index in [2.05, 4.69) is 15.9 Å². The zero-order chi connectivity index (χ0) is 14.7. The Morgan fingerprint density at radius 1 is 1.25 bits per heavy atom. The highest BCUT2D eigenvalue weighted by atomic mass is 79.9. The van der Waals surface area contributed by atoms with Crippen LogP contribution >= 0.6 is 39.1 Å². The standard InChI is InChI=1S/C15H13BrCl2O2/c1-9(19)12-7-11(16)5-6-14(12)20-8-10-3-2-4-13(17)15(10)18/h2-7,9,19H,8H2,1H3. The molecular weight excluding hydrogens is 363 g/mol. The molecule has 2 aromatic rings. The fourth-order valence-electron chi connectivity index (χ4n) is 1.79. The van der Waals surface area contributed by atoms with Crippen LogP contribution in [0, 0.1) is 0 Å². The van der Waals surface area contributed by atoms with E-state index < -0.39 is 6.10 Å². The maximum Gasteiger partial charge on any atom is 0.125 e. The van der Waals surface area contributed by atoms with Crippen LogP contribution in [0.5, 0.6) is 5.75 Å².